The van der Waals surface area contributed by atoms with Crippen molar-refractivity contribution < 1.29 is 9.21 Å². The van der Waals surface area contributed by atoms with Crippen LogP contribution in [0.2, 0.25) is 0 Å². The molecular weight excluding hydrogens is 539 g/mol. The van der Waals surface area contributed by atoms with E-state index in [1.807, 2.05) is 36.4 Å². The number of amides is 1. The normalized spacial score (nSPS) is 11.3. The summed E-state index contributed by atoms with van der Waals surface area (Å²) in [5, 5.41) is 4.83. The van der Waals surface area contributed by atoms with E-state index in [1.54, 1.807) is 12.3 Å². The Bertz CT molecular complexity index is 922. The summed E-state index contributed by atoms with van der Waals surface area (Å²) < 4.78 is 8.39. The third-order valence-electron chi connectivity index (χ3n) is 3.03. The lowest BCUT2D eigenvalue weighted by atomic mass is 10.2. The van der Waals surface area contributed by atoms with E-state index in [-0.39, 0.29) is 5.76 Å². The summed E-state index contributed by atoms with van der Waals surface area (Å²) >= 11 is 9.02. The van der Waals surface area contributed by atoms with Gasteiger partial charge in [-0.25, -0.2) is 5.43 Å². The van der Waals surface area contributed by atoms with Gasteiger partial charge in [0.25, 0.3) is 0 Å². The highest BCUT2D eigenvalue weighted by Gasteiger charge is 2.14. The fourth-order valence-corrected chi connectivity index (χ4v) is 4.03. The molecular formula is C16H9Br2IN2O2. The molecule has 0 atom stereocenters. The number of hydrogen-bond acceptors (Lipinski definition) is 3. The quantitative estimate of drug-likeness (QED) is 0.274. The average molecular weight is 548 g/mol. The summed E-state index contributed by atoms with van der Waals surface area (Å²) in [6.45, 7) is 0. The summed E-state index contributed by atoms with van der Waals surface area (Å²) in [5.74, 6) is -0.170. The fraction of sp³-hybridized carbons (Fsp3) is 0. The zero-order valence-electron chi connectivity index (χ0n) is 11.5. The van der Waals surface area contributed by atoms with Gasteiger partial charge in [0.1, 0.15) is 5.58 Å². The molecule has 0 aliphatic rings. The zero-order chi connectivity index (χ0) is 16.4. The van der Waals surface area contributed by atoms with Gasteiger partial charge in [-0.1, -0.05) is 50.1 Å². The van der Waals surface area contributed by atoms with Crippen molar-refractivity contribution in [3.05, 3.63) is 66.3 Å². The first-order valence-corrected chi connectivity index (χ1v) is 9.17. The van der Waals surface area contributed by atoms with Crippen LogP contribution >= 0.6 is 54.5 Å². The van der Waals surface area contributed by atoms with Crippen molar-refractivity contribution in [3.63, 3.8) is 0 Å². The minimum Gasteiger partial charge on any atom is -0.450 e. The number of furan rings is 1. The second-order valence-electron chi connectivity index (χ2n) is 4.64. The Labute approximate surface area is 162 Å². The molecule has 0 fully saturated rings. The van der Waals surface area contributed by atoms with Crippen LogP contribution in [0.1, 0.15) is 16.1 Å². The number of rotatable bonds is 3. The summed E-state index contributed by atoms with van der Waals surface area (Å²) in [4.78, 5) is 12.1. The fourth-order valence-electron chi connectivity index (χ4n) is 1.98. The maximum absolute atomic E-state index is 12.1. The molecule has 0 unspecified atom stereocenters. The first-order chi connectivity index (χ1) is 11.0. The van der Waals surface area contributed by atoms with Gasteiger partial charge in [-0.05, 0) is 46.9 Å². The third-order valence-corrected chi connectivity index (χ3v) is 5.02. The van der Waals surface area contributed by atoms with E-state index in [9.17, 15) is 4.79 Å². The van der Waals surface area contributed by atoms with Crippen molar-refractivity contribution in [2.75, 3.05) is 0 Å². The van der Waals surface area contributed by atoms with Crippen molar-refractivity contribution in [1.82, 2.24) is 5.43 Å². The minimum absolute atomic E-state index is 0.222. The number of carbonyl (C=O) groups is 1. The standard InChI is InChI=1S/C16H9Br2IN2O2/c17-11-5-10-6-14(23-15(10)13(19)7-11)16(22)21-20-8-9-3-1-2-4-12(9)18/h1-8H,(H,21,22)/b20-8-. The van der Waals surface area contributed by atoms with Crippen molar-refractivity contribution >= 4 is 77.5 Å². The Hall–Kier alpha value is -1.19. The van der Waals surface area contributed by atoms with E-state index >= 15 is 0 Å². The second kappa shape index (κ2) is 7.14. The van der Waals surface area contributed by atoms with Gasteiger partial charge in [-0.2, -0.15) is 5.10 Å². The number of nitrogens with zero attached hydrogens (tertiary/aromatic N) is 1. The molecule has 7 heteroatoms. The molecule has 116 valence electrons. The highest BCUT2D eigenvalue weighted by molar-refractivity contribution is 14.1. The smallest absolute Gasteiger partial charge is 0.307 e. The van der Waals surface area contributed by atoms with Crippen LogP contribution in [0.5, 0.6) is 0 Å². The van der Waals surface area contributed by atoms with Crippen LogP contribution in [0.25, 0.3) is 11.0 Å². The van der Waals surface area contributed by atoms with Crippen molar-refractivity contribution in [3.8, 4) is 0 Å². The van der Waals surface area contributed by atoms with Gasteiger partial charge in [-0.3, -0.25) is 4.79 Å². The average Bonchev–Trinajstić information content (AvgIpc) is 2.93. The first-order valence-electron chi connectivity index (χ1n) is 6.51. The topological polar surface area (TPSA) is 54.6 Å². The van der Waals surface area contributed by atoms with Gasteiger partial charge < -0.3 is 4.42 Å². The number of halogens is 3. The minimum atomic E-state index is -0.392. The molecule has 0 radical (unpaired) electrons. The molecule has 3 aromatic rings. The monoisotopic (exact) mass is 546 g/mol. The van der Waals surface area contributed by atoms with E-state index in [2.05, 4.69) is 65.0 Å². The van der Waals surface area contributed by atoms with Crippen molar-refractivity contribution in [2.45, 2.75) is 0 Å². The predicted octanol–water partition coefficient (Wildman–Crippen LogP) is 5.33. The molecule has 1 amide bonds. The zero-order valence-corrected chi connectivity index (χ0v) is 16.8. The molecule has 0 spiro atoms. The van der Waals surface area contributed by atoms with Gasteiger partial charge in [0.05, 0.1) is 9.78 Å². The number of carbonyl (C=O) groups excluding carboxylic acids is 1. The highest BCUT2D eigenvalue weighted by atomic mass is 127. The van der Waals surface area contributed by atoms with Crippen LogP contribution < -0.4 is 5.43 Å². The summed E-state index contributed by atoms with van der Waals surface area (Å²) in [6, 6.07) is 13.1. The molecule has 2 aromatic carbocycles. The lowest BCUT2D eigenvalue weighted by Gasteiger charge is -1.97. The Morgan fingerprint density at radius 2 is 2.00 bits per heavy atom. The molecule has 0 saturated heterocycles. The number of hydrazone groups is 1. The van der Waals surface area contributed by atoms with Crippen LogP contribution in [-0.4, -0.2) is 12.1 Å². The van der Waals surface area contributed by atoms with Crippen LogP contribution in [0.4, 0.5) is 0 Å². The number of fused-ring (bicyclic) bond motifs is 1. The lowest BCUT2D eigenvalue weighted by molar-refractivity contribution is 0.0929. The van der Waals surface area contributed by atoms with E-state index in [0.29, 0.717) is 5.58 Å². The maximum atomic E-state index is 12.1. The second-order valence-corrected chi connectivity index (χ2v) is 7.57. The van der Waals surface area contributed by atoms with E-state index in [4.69, 9.17) is 4.42 Å². The van der Waals surface area contributed by atoms with Crippen molar-refractivity contribution in [2.24, 2.45) is 5.10 Å². The summed E-state index contributed by atoms with van der Waals surface area (Å²) in [5.41, 5.74) is 4.03. The maximum Gasteiger partial charge on any atom is 0.307 e. The Balaban J connectivity index is 1.79. The summed E-state index contributed by atoms with van der Waals surface area (Å²) in [6.07, 6.45) is 1.57. The SMILES string of the molecule is O=C(N/N=C\c1ccccc1Br)c1cc2cc(Br)cc(I)c2o1. The lowest BCUT2D eigenvalue weighted by Crippen LogP contribution is -2.16. The molecule has 3 rings (SSSR count). The van der Waals surface area contributed by atoms with Crippen molar-refractivity contribution in [1.29, 1.82) is 0 Å². The van der Waals surface area contributed by atoms with Crippen LogP contribution in [0.3, 0.4) is 0 Å². The molecule has 4 nitrogen and oxygen atoms in total. The number of nitrogens with one attached hydrogen (secondary N) is 1. The molecule has 1 heterocycles. The molecule has 0 aliphatic heterocycles. The third kappa shape index (κ3) is 3.84. The molecule has 23 heavy (non-hydrogen) atoms. The number of benzene rings is 2. The summed E-state index contributed by atoms with van der Waals surface area (Å²) in [7, 11) is 0. The van der Waals surface area contributed by atoms with Crippen LogP contribution in [0, 0.1) is 3.57 Å². The molecule has 1 aromatic heterocycles. The first kappa shape index (κ1) is 16.7. The molecule has 0 saturated carbocycles. The van der Waals surface area contributed by atoms with E-state index in [0.717, 1.165) is 23.5 Å². The van der Waals surface area contributed by atoms with Gasteiger partial charge >= 0.3 is 5.91 Å². The predicted molar refractivity (Wildman–Crippen MR) is 106 cm³/mol. The Kier molecular flexibility index (Phi) is 5.17. The van der Waals surface area contributed by atoms with Crippen LogP contribution in [0.15, 0.2) is 60.9 Å². The number of hydrogen-bond donors (Lipinski definition) is 1. The van der Waals surface area contributed by atoms with E-state index in [1.165, 1.54) is 0 Å². The van der Waals surface area contributed by atoms with Gasteiger partial charge in [-0.15, -0.1) is 0 Å². The van der Waals surface area contributed by atoms with Gasteiger partial charge in [0.15, 0.2) is 5.76 Å². The van der Waals surface area contributed by atoms with Gasteiger partial charge in [0.2, 0.25) is 0 Å². The largest absolute Gasteiger partial charge is 0.450 e. The Morgan fingerprint density at radius 1 is 1.22 bits per heavy atom. The van der Waals surface area contributed by atoms with Crippen LogP contribution in [-0.2, 0) is 0 Å². The molecule has 1 N–H and O–H groups in total. The molecule has 0 bridgehead atoms. The molecule has 0 aliphatic carbocycles. The highest BCUT2D eigenvalue weighted by Crippen LogP contribution is 2.28. The van der Waals surface area contributed by atoms with Gasteiger partial charge in [0, 0.05) is 19.9 Å². The van der Waals surface area contributed by atoms with E-state index < -0.39 is 5.91 Å². The Morgan fingerprint density at radius 3 is 2.78 bits per heavy atom.